The minimum Gasteiger partial charge on any atom is -0.494 e. The molecule has 0 radical (unpaired) electrons. The minimum atomic E-state index is -0.442. The van der Waals surface area contributed by atoms with E-state index in [0.29, 0.717) is 5.56 Å². The van der Waals surface area contributed by atoms with Crippen molar-refractivity contribution in [2.24, 2.45) is 0 Å². The Morgan fingerprint density at radius 1 is 1.31 bits per heavy atom. The second-order valence-corrected chi connectivity index (χ2v) is 6.44. The molecule has 0 spiro atoms. The lowest BCUT2D eigenvalue weighted by Crippen LogP contribution is -2.35. The van der Waals surface area contributed by atoms with E-state index in [9.17, 15) is 9.18 Å². The molecule has 1 aliphatic rings. The molecule has 0 aliphatic carbocycles. The lowest BCUT2D eigenvalue weighted by Gasteiger charge is -2.16. The van der Waals surface area contributed by atoms with Crippen molar-refractivity contribution in [3.63, 3.8) is 0 Å². The first kappa shape index (κ1) is 18.1. The summed E-state index contributed by atoms with van der Waals surface area (Å²) in [6, 6.07) is 15.1. The van der Waals surface area contributed by atoms with Gasteiger partial charge in [0.05, 0.1) is 7.11 Å². The maximum atomic E-state index is 13.7. The van der Waals surface area contributed by atoms with Crippen molar-refractivity contribution in [3.05, 3.63) is 71.6 Å². The molecule has 1 N–H and O–H groups in total. The zero-order valence-corrected chi connectivity index (χ0v) is 14.8. The van der Waals surface area contributed by atoms with Gasteiger partial charge in [-0.3, -0.25) is 9.69 Å². The van der Waals surface area contributed by atoms with E-state index in [-0.39, 0.29) is 17.7 Å². The van der Waals surface area contributed by atoms with Crippen LogP contribution in [0.15, 0.2) is 54.6 Å². The Bertz CT molecular complexity index is 777. The molecule has 2 aromatic rings. The number of ether oxygens (including phenoxy) is 1. The van der Waals surface area contributed by atoms with Crippen molar-refractivity contribution in [2.75, 3.05) is 20.2 Å². The highest BCUT2D eigenvalue weighted by Gasteiger charge is 2.23. The van der Waals surface area contributed by atoms with Crippen LogP contribution in [0.3, 0.4) is 0 Å². The third-order valence-electron chi connectivity index (χ3n) is 4.47. The second-order valence-electron chi connectivity index (χ2n) is 6.44. The molecular formula is C21H23FN2O2. The van der Waals surface area contributed by atoms with Crippen molar-refractivity contribution in [1.29, 1.82) is 0 Å². The van der Waals surface area contributed by atoms with Gasteiger partial charge in [0.15, 0.2) is 11.6 Å². The maximum absolute atomic E-state index is 13.7. The first-order valence-electron chi connectivity index (χ1n) is 8.72. The first-order valence-corrected chi connectivity index (χ1v) is 8.72. The number of methoxy groups -OCH3 is 1. The largest absolute Gasteiger partial charge is 0.494 e. The lowest BCUT2D eigenvalue weighted by molar-refractivity contribution is -0.117. The Balaban J connectivity index is 1.48. The Kier molecular flexibility index (Phi) is 6.02. The molecule has 0 saturated carbocycles. The van der Waals surface area contributed by atoms with Crippen LogP contribution in [0.5, 0.6) is 5.75 Å². The predicted molar refractivity (Wildman–Crippen MR) is 100 cm³/mol. The first-order chi connectivity index (χ1) is 12.6. The molecule has 2 aromatic carbocycles. The van der Waals surface area contributed by atoms with E-state index >= 15 is 0 Å². The number of likely N-dealkylation sites (tertiary alicyclic amines) is 1. The number of nitrogens with zero attached hydrogens (tertiary/aromatic N) is 1. The van der Waals surface area contributed by atoms with Crippen LogP contribution in [-0.2, 0) is 11.3 Å². The van der Waals surface area contributed by atoms with E-state index in [0.717, 1.165) is 26.1 Å². The molecule has 1 heterocycles. The van der Waals surface area contributed by atoms with Crippen LogP contribution < -0.4 is 10.1 Å². The molecule has 1 atom stereocenters. The highest BCUT2D eigenvalue weighted by molar-refractivity contribution is 5.91. The Morgan fingerprint density at radius 2 is 2.12 bits per heavy atom. The summed E-state index contributed by atoms with van der Waals surface area (Å²) in [6.07, 6.45) is 3.99. The van der Waals surface area contributed by atoms with E-state index in [1.165, 1.54) is 24.8 Å². The minimum absolute atomic E-state index is 0.142. The van der Waals surface area contributed by atoms with E-state index in [2.05, 4.69) is 22.3 Å². The van der Waals surface area contributed by atoms with Crippen molar-refractivity contribution >= 4 is 12.0 Å². The topological polar surface area (TPSA) is 41.6 Å². The third kappa shape index (κ3) is 4.92. The highest BCUT2D eigenvalue weighted by atomic mass is 19.1. The Labute approximate surface area is 153 Å². The molecule has 0 aromatic heterocycles. The smallest absolute Gasteiger partial charge is 0.244 e. The number of hydrogen-bond acceptors (Lipinski definition) is 3. The molecule has 0 bridgehead atoms. The summed E-state index contributed by atoms with van der Waals surface area (Å²) >= 11 is 0. The number of hydrogen-bond donors (Lipinski definition) is 1. The summed E-state index contributed by atoms with van der Waals surface area (Å²) in [5.41, 5.74) is 1.90. The van der Waals surface area contributed by atoms with Crippen LogP contribution >= 0.6 is 0 Å². The third-order valence-corrected chi connectivity index (χ3v) is 4.47. The molecule has 1 saturated heterocycles. The van der Waals surface area contributed by atoms with Gasteiger partial charge in [-0.1, -0.05) is 36.4 Å². The van der Waals surface area contributed by atoms with Crippen LogP contribution in [0, 0.1) is 5.82 Å². The second kappa shape index (κ2) is 8.63. The Hall–Kier alpha value is -2.66. The van der Waals surface area contributed by atoms with Gasteiger partial charge in [-0.15, -0.1) is 0 Å². The molecule has 26 heavy (non-hydrogen) atoms. The van der Waals surface area contributed by atoms with Crippen molar-refractivity contribution < 1.29 is 13.9 Å². The summed E-state index contributed by atoms with van der Waals surface area (Å²) in [5, 5.41) is 3.02. The molecule has 4 nitrogen and oxygen atoms in total. The summed E-state index contributed by atoms with van der Waals surface area (Å²) in [6.45, 7) is 2.70. The maximum Gasteiger partial charge on any atom is 0.244 e. The van der Waals surface area contributed by atoms with Gasteiger partial charge in [-0.25, -0.2) is 4.39 Å². The summed E-state index contributed by atoms with van der Waals surface area (Å²) < 4.78 is 18.5. The average molecular weight is 354 g/mol. The summed E-state index contributed by atoms with van der Waals surface area (Å²) in [5.74, 6) is -0.411. The Morgan fingerprint density at radius 3 is 2.85 bits per heavy atom. The monoisotopic (exact) mass is 354 g/mol. The van der Waals surface area contributed by atoms with Crippen LogP contribution in [0.1, 0.15) is 17.5 Å². The normalized spacial score (nSPS) is 17.5. The van der Waals surface area contributed by atoms with Crippen molar-refractivity contribution in [3.8, 4) is 5.75 Å². The number of amides is 1. The molecule has 1 amide bonds. The molecule has 1 fully saturated rings. The number of carbonyl (C=O) groups is 1. The van der Waals surface area contributed by atoms with Gasteiger partial charge in [0, 0.05) is 31.8 Å². The van der Waals surface area contributed by atoms with Crippen molar-refractivity contribution in [2.45, 2.75) is 19.0 Å². The molecule has 3 rings (SSSR count). The number of nitrogens with one attached hydrogen (secondary N) is 1. The van der Waals surface area contributed by atoms with E-state index < -0.39 is 5.82 Å². The molecule has 5 heteroatoms. The summed E-state index contributed by atoms with van der Waals surface area (Å²) in [4.78, 5) is 14.4. The van der Waals surface area contributed by atoms with Gasteiger partial charge in [0.25, 0.3) is 0 Å². The van der Waals surface area contributed by atoms with Crippen LogP contribution in [0.4, 0.5) is 4.39 Å². The number of halogens is 1. The van der Waals surface area contributed by atoms with Gasteiger partial charge in [-0.2, -0.15) is 0 Å². The number of rotatable bonds is 6. The zero-order chi connectivity index (χ0) is 18.4. The van der Waals surface area contributed by atoms with E-state index in [4.69, 9.17) is 4.74 Å². The van der Waals surface area contributed by atoms with Crippen LogP contribution in [-0.4, -0.2) is 37.0 Å². The molecule has 0 unspecified atom stereocenters. The molecular weight excluding hydrogens is 331 g/mol. The molecule has 1 aliphatic heterocycles. The average Bonchev–Trinajstić information content (AvgIpc) is 3.07. The fourth-order valence-corrected chi connectivity index (χ4v) is 3.14. The predicted octanol–water partition coefficient (Wildman–Crippen LogP) is 3.24. The van der Waals surface area contributed by atoms with Gasteiger partial charge < -0.3 is 10.1 Å². The van der Waals surface area contributed by atoms with Crippen LogP contribution in [0.25, 0.3) is 6.08 Å². The fraction of sp³-hybridized carbons (Fsp3) is 0.286. The number of carbonyl (C=O) groups excluding carboxylic acids is 1. The highest BCUT2D eigenvalue weighted by Crippen LogP contribution is 2.18. The fourth-order valence-electron chi connectivity index (χ4n) is 3.14. The van der Waals surface area contributed by atoms with E-state index in [1.807, 2.05) is 18.2 Å². The van der Waals surface area contributed by atoms with Gasteiger partial charge in [0.2, 0.25) is 5.91 Å². The van der Waals surface area contributed by atoms with E-state index in [1.54, 1.807) is 18.2 Å². The molecule has 136 valence electrons. The summed E-state index contributed by atoms with van der Waals surface area (Å²) in [7, 11) is 1.42. The number of benzene rings is 2. The lowest BCUT2D eigenvalue weighted by atomic mass is 10.2. The zero-order valence-electron chi connectivity index (χ0n) is 14.8. The van der Waals surface area contributed by atoms with Crippen LogP contribution in [0.2, 0.25) is 0 Å². The quantitative estimate of drug-likeness (QED) is 0.810. The standard InChI is InChI=1S/C21H23FN2O2/c1-26-20-9-7-16(13-19(20)22)8-10-21(25)23-18-11-12-24(15-18)14-17-5-3-2-4-6-17/h2-10,13,18H,11-12,14-15H2,1H3,(H,23,25)/b10-8+/t18-/m1/s1. The van der Waals surface area contributed by atoms with Crippen molar-refractivity contribution in [1.82, 2.24) is 10.2 Å². The van der Waals surface area contributed by atoms with Gasteiger partial charge in [-0.05, 0) is 35.8 Å². The van der Waals surface area contributed by atoms with Gasteiger partial charge in [0.1, 0.15) is 0 Å². The SMILES string of the molecule is COc1ccc(/C=C/C(=O)N[C@@H]2CCN(Cc3ccccc3)C2)cc1F. The van der Waals surface area contributed by atoms with Gasteiger partial charge >= 0.3 is 0 Å².